The summed E-state index contributed by atoms with van der Waals surface area (Å²) >= 11 is 0. The molecule has 0 aromatic rings. The molecule has 3 aliphatic rings. The van der Waals surface area contributed by atoms with Gasteiger partial charge in [-0.3, -0.25) is 18.6 Å². The summed E-state index contributed by atoms with van der Waals surface area (Å²) in [5.74, 6) is -1.37. The molecule has 1 aliphatic carbocycles. The molecule has 0 aromatic heterocycles. The Bertz CT molecular complexity index is 1660. The van der Waals surface area contributed by atoms with Gasteiger partial charge in [0.1, 0.15) is 92.1 Å². The monoisotopic (exact) mass is 1140 g/mol. The standard InChI is InChI=1S/C54H97O23P/c1-3-5-7-9-11-13-15-17-19-20-22-24-26-28-30-39(57)70-34-36(72-40(58)31-29-27-25-23-21-18-16-14-12-10-8-6-4-2)35-71-78(68,69)77-52-50(75-53-48(66)43(61)41(59)37(32-55)73-53)46(64)45(63)47(65)51(52)76-54-49(67)44(62)42(60)38(33-56)74-54/h18-21,36-38,41-56,59-67H,3-17,22-35H2,1-2H3,(H,68,69)/b20-19-,21-18-. The second kappa shape index (κ2) is 39.4. The number of aliphatic hydroxyl groups excluding tert-OH is 11. The highest BCUT2D eigenvalue weighted by Crippen LogP contribution is 2.49. The fourth-order valence-electron chi connectivity index (χ4n) is 9.40. The van der Waals surface area contributed by atoms with Gasteiger partial charge in [0, 0.05) is 12.8 Å². The molecule has 0 spiro atoms. The van der Waals surface area contributed by atoms with E-state index in [9.17, 15) is 75.2 Å². The van der Waals surface area contributed by atoms with Crippen LogP contribution in [0, 0.1) is 0 Å². The average Bonchev–Trinajstić information content (AvgIpc) is 3.47. The number of carbonyl (C=O) groups excluding carboxylic acids is 2. The number of rotatable bonds is 41. The van der Waals surface area contributed by atoms with Crippen LogP contribution in [0.1, 0.15) is 174 Å². The first-order valence-corrected chi connectivity index (χ1v) is 30.2. The van der Waals surface area contributed by atoms with Gasteiger partial charge in [-0.1, -0.05) is 122 Å². The number of ether oxygens (including phenoxy) is 6. The summed E-state index contributed by atoms with van der Waals surface area (Å²) in [7, 11) is -5.64. The molecule has 16 atom stereocenters. The normalized spacial score (nSPS) is 31.9. The third kappa shape index (κ3) is 25.2. The molecule has 0 aromatic carbocycles. The van der Waals surface area contributed by atoms with Crippen LogP contribution in [0.15, 0.2) is 24.3 Å². The van der Waals surface area contributed by atoms with Gasteiger partial charge in [0.25, 0.3) is 0 Å². The highest BCUT2D eigenvalue weighted by Gasteiger charge is 2.58. The Morgan fingerprint density at radius 2 is 0.846 bits per heavy atom. The molecule has 2 aliphatic heterocycles. The minimum Gasteiger partial charge on any atom is -0.462 e. The summed E-state index contributed by atoms with van der Waals surface area (Å²) in [5.41, 5.74) is 0. The van der Waals surface area contributed by atoms with Crippen LogP contribution < -0.4 is 0 Å². The summed E-state index contributed by atoms with van der Waals surface area (Å²) in [6, 6.07) is 0. The van der Waals surface area contributed by atoms with Crippen molar-refractivity contribution >= 4 is 19.8 Å². The summed E-state index contributed by atoms with van der Waals surface area (Å²) in [4.78, 5) is 37.4. The average molecular weight is 1150 g/mol. The number of aliphatic hydroxyl groups is 11. The van der Waals surface area contributed by atoms with Gasteiger partial charge in [-0.05, 0) is 64.2 Å². The summed E-state index contributed by atoms with van der Waals surface area (Å²) in [5, 5.41) is 116. The number of hydrogen-bond donors (Lipinski definition) is 12. The van der Waals surface area contributed by atoms with E-state index in [2.05, 4.69) is 38.2 Å². The van der Waals surface area contributed by atoms with E-state index in [-0.39, 0.29) is 12.8 Å². The highest BCUT2D eigenvalue weighted by atomic mass is 31.2. The molecule has 12 N–H and O–H groups in total. The van der Waals surface area contributed by atoms with Crippen LogP contribution in [-0.4, -0.2) is 204 Å². The minimum absolute atomic E-state index is 0.0299. The van der Waals surface area contributed by atoms with Crippen molar-refractivity contribution in [2.24, 2.45) is 0 Å². The smallest absolute Gasteiger partial charge is 0.462 e. The van der Waals surface area contributed by atoms with Gasteiger partial charge < -0.3 is 89.5 Å². The Labute approximate surface area is 460 Å². The van der Waals surface area contributed by atoms with Crippen molar-refractivity contribution < 1.29 is 113 Å². The molecule has 23 nitrogen and oxygen atoms in total. The Morgan fingerprint density at radius 3 is 1.26 bits per heavy atom. The van der Waals surface area contributed by atoms with Crippen molar-refractivity contribution in [1.82, 2.24) is 0 Å². The zero-order valence-corrected chi connectivity index (χ0v) is 46.8. The van der Waals surface area contributed by atoms with Crippen LogP contribution in [0.25, 0.3) is 0 Å². The third-order valence-corrected chi connectivity index (χ3v) is 15.2. The Kier molecular flexibility index (Phi) is 35.5. The van der Waals surface area contributed by atoms with Crippen molar-refractivity contribution in [1.29, 1.82) is 0 Å². The van der Waals surface area contributed by atoms with Crippen molar-refractivity contribution in [3.05, 3.63) is 24.3 Å². The topological polar surface area (TPSA) is 368 Å². The van der Waals surface area contributed by atoms with Gasteiger partial charge in [0.15, 0.2) is 18.7 Å². The van der Waals surface area contributed by atoms with Gasteiger partial charge in [-0.2, -0.15) is 0 Å². The summed E-state index contributed by atoms with van der Waals surface area (Å²) in [6.07, 6.45) is -2.48. The van der Waals surface area contributed by atoms with E-state index in [1.807, 2.05) is 0 Å². The third-order valence-electron chi connectivity index (χ3n) is 14.2. The van der Waals surface area contributed by atoms with Gasteiger partial charge in [-0.15, -0.1) is 0 Å². The molecule has 1 saturated carbocycles. The van der Waals surface area contributed by atoms with Crippen LogP contribution >= 0.6 is 7.82 Å². The van der Waals surface area contributed by atoms with Gasteiger partial charge in [0.2, 0.25) is 0 Å². The van der Waals surface area contributed by atoms with E-state index >= 15 is 0 Å². The quantitative estimate of drug-likeness (QED) is 0.0181. The molecule has 2 saturated heterocycles. The molecule has 78 heavy (non-hydrogen) atoms. The maximum absolute atomic E-state index is 14.0. The maximum atomic E-state index is 14.0. The van der Waals surface area contributed by atoms with Crippen LogP contribution in [0.3, 0.4) is 0 Å². The molecule has 3 fully saturated rings. The SMILES string of the molecule is CCCCCCCC/C=C\CCCCCC(=O)OC(COC(=O)CCCCC/C=C\CCCCCCCCC)COP(=O)(O)OC1C(OC2OC(CO)C(O)C(O)C2O)C(O)C(O)C(O)C1OC1OC(CO)C(O)C(O)C1O. The molecule has 24 heteroatoms. The number of phosphoric acid groups is 1. The number of carbonyl (C=O) groups is 2. The maximum Gasteiger partial charge on any atom is 0.472 e. The fourth-order valence-corrected chi connectivity index (χ4v) is 10.4. The van der Waals surface area contributed by atoms with Crippen molar-refractivity contribution in [2.45, 2.75) is 279 Å². The zero-order chi connectivity index (χ0) is 57.5. The lowest BCUT2D eigenvalue weighted by Gasteiger charge is -2.49. The number of hydrogen-bond acceptors (Lipinski definition) is 22. The molecule has 0 amide bonds. The molecule has 16 unspecified atom stereocenters. The molecular weight excluding hydrogens is 1050 g/mol. The zero-order valence-electron chi connectivity index (χ0n) is 45.9. The van der Waals surface area contributed by atoms with Crippen LogP contribution in [-0.2, 0) is 51.6 Å². The molecule has 0 bridgehead atoms. The summed E-state index contributed by atoms with van der Waals surface area (Å²) in [6.45, 7) is 0.947. The van der Waals surface area contributed by atoms with E-state index in [1.54, 1.807) is 0 Å². The predicted molar refractivity (Wildman–Crippen MR) is 282 cm³/mol. The lowest BCUT2D eigenvalue weighted by molar-refractivity contribution is -0.360. The Hall–Kier alpha value is -2.07. The van der Waals surface area contributed by atoms with E-state index in [1.165, 1.54) is 70.6 Å². The Morgan fingerprint density at radius 1 is 0.474 bits per heavy atom. The summed E-state index contributed by atoms with van der Waals surface area (Å²) < 4.78 is 58.0. The lowest BCUT2D eigenvalue weighted by Crippen LogP contribution is -2.69. The van der Waals surface area contributed by atoms with Gasteiger partial charge in [-0.25, -0.2) is 4.57 Å². The van der Waals surface area contributed by atoms with E-state index in [0.717, 1.165) is 57.8 Å². The molecule has 0 radical (unpaired) electrons. The molecular formula is C54H97O23P. The predicted octanol–water partition coefficient (Wildman–Crippen LogP) is 3.31. The Balaban J connectivity index is 1.73. The minimum atomic E-state index is -5.64. The van der Waals surface area contributed by atoms with Gasteiger partial charge >= 0.3 is 19.8 Å². The van der Waals surface area contributed by atoms with Crippen LogP contribution in [0.4, 0.5) is 0 Å². The first-order valence-electron chi connectivity index (χ1n) is 28.7. The number of phosphoric ester groups is 1. The van der Waals surface area contributed by atoms with Crippen LogP contribution in [0.5, 0.6) is 0 Å². The van der Waals surface area contributed by atoms with E-state index < -0.39 is 150 Å². The second-order valence-corrected chi connectivity index (χ2v) is 22.2. The van der Waals surface area contributed by atoms with Gasteiger partial charge in [0.05, 0.1) is 19.8 Å². The first kappa shape index (κ1) is 70.2. The van der Waals surface area contributed by atoms with Crippen molar-refractivity contribution in [3.63, 3.8) is 0 Å². The van der Waals surface area contributed by atoms with Crippen molar-refractivity contribution in [2.75, 3.05) is 26.4 Å². The first-order chi connectivity index (χ1) is 37.4. The number of esters is 2. The second-order valence-electron chi connectivity index (χ2n) is 20.8. The number of allylic oxidation sites excluding steroid dienone is 4. The fraction of sp³-hybridized carbons (Fsp3) is 0.889. The largest absolute Gasteiger partial charge is 0.472 e. The lowest BCUT2D eigenvalue weighted by atomic mass is 9.84. The van der Waals surface area contributed by atoms with E-state index in [4.69, 9.17) is 37.5 Å². The highest BCUT2D eigenvalue weighted by molar-refractivity contribution is 7.47. The number of unbranched alkanes of at least 4 members (excludes halogenated alkanes) is 19. The molecule has 3 rings (SSSR count). The molecule has 2 heterocycles. The van der Waals surface area contributed by atoms with E-state index in [0.29, 0.717) is 19.3 Å². The van der Waals surface area contributed by atoms with Crippen LogP contribution in [0.2, 0.25) is 0 Å². The molecule has 456 valence electrons. The van der Waals surface area contributed by atoms with Crippen molar-refractivity contribution in [3.8, 4) is 0 Å².